The van der Waals surface area contributed by atoms with Gasteiger partial charge in [0.1, 0.15) is 22.1 Å². The number of ether oxygens (including phenoxy) is 3. The van der Waals surface area contributed by atoms with Gasteiger partial charge in [0, 0.05) is 11.8 Å². The number of alkyl halides is 3. The Morgan fingerprint density at radius 2 is 1.68 bits per heavy atom. The molecule has 7 nitrogen and oxygen atoms in total. The lowest BCUT2D eigenvalue weighted by atomic mass is 10.1. The number of halogens is 3. The fourth-order valence-corrected chi connectivity index (χ4v) is 3.60. The minimum Gasteiger partial charge on any atom is -0.495 e. The molecule has 0 unspecified atom stereocenters. The zero-order valence-electron chi connectivity index (χ0n) is 16.3. The summed E-state index contributed by atoms with van der Waals surface area (Å²) in [6, 6.07) is 12.7. The number of rotatable bonds is 7. The minimum absolute atomic E-state index is 0.0709. The van der Waals surface area contributed by atoms with Crippen molar-refractivity contribution in [1.29, 1.82) is 0 Å². The minimum atomic E-state index is -4.80. The predicted octanol–water partition coefficient (Wildman–Crippen LogP) is 4.36. The van der Waals surface area contributed by atoms with Crippen LogP contribution in [0, 0.1) is 0 Å². The van der Waals surface area contributed by atoms with E-state index in [4.69, 9.17) is 9.47 Å². The molecule has 2 aromatic carbocycles. The highest BCUT2D eigenvalue weighted by Crippen LogP contribution is 2.35. The zero-order chi connectivity index (χ0) is 22.6. The van der Waals surface area contributed by atoms with Crippen LogP contribution in [0.2, 0.25) is 0 Å². The van der Waals surface area contributed by atoms with Crippen LogP contribution in [-0.4, -0.2) is 33.9 Å². The highest BCUT2D eigenvalue weighted by molar-refractivity contribution is 7.89. The molecule has 0 atom stereocenters. The van der Waals surface area contributed by atoms with E-state index in [0.717, 1.165) is 12.1 Å². The summed E-state index contributed by atoms with van der Waals surface area (Å²) in [5, 5.41) is 0. The predicted molar refractivity (Wildman–Crippen MR) is 106 cm³/mol. The standard InChI is InChI=1S/C20H17F3N2O5S/c1-24-31(26,27)18-12-13(5-10-17(18)28-2)16-4-3-11-25-19(16)29-14-6-8-15(9-7-14)30-20(21,22)23/h3-12,24H,1-2H3. The molecule has 0 radical (unpaired) electrons. The van der Waals surface area contributed by atoms with Gasteiger partial charge in [0.15, 0.2) is 0 Å². The number of sulfonamides is 1. The van der Waals surface area contributed by atoms with Crippen molar-refractivity contribution in [2.24, 2.45) is 0 Å². The van der Waals surface area contributed by atoms with Crippen LogP contribution in [0.4, 0.5) is 13.2 Å². The SMILES string of the molecule is CNS(=O)(=O)c1cc(-c2cccnc2Oc2ccc(OC(F)(F)F)cc2)ccc1OC. The van der Waals surface area contributed by atoms with Crippen LogP contribution in [0.25, 0.3) is 11.1 Å². The normalized spacial score (nSPS) is 11.8. The fourth-order valence-electron chi connectivity index (χ4n) is 2.68. The molecule has 3 aromatic rings. The van der Waals surface area contributed by atoms with Crippen molar-refractivity contribution in [1.82, 2.24) is 9.71 Å². The van der Waals surface area contributed by atoms with Crippen LogP contribution in [0.5, 0.6) is 23.1 Å². The molecule has 1 heterocycles. The van der Waals surface area contributed by atoms with Gasteiger partial charge in [0.2, 0.25) is 15.9 Å². The van der Waals surface area contributed by atoms with E-state index >= 15 is 0 Å². The van der Waals surface area contributed by atoms with E-state index in [1.165, 1.54) is 44.6 Å². The van der Waals surface area contributed by atoms with E-state index in [9.17, 15) is 21.6 Å². The first-order valence-electron chi connectivity index (χ1n) is 8.73. The van der Waals surface area contributed by atoms with Crippen LogP contribution >= 0.6 is 0 Å². The number of methoxy groups -OCH3 is 1. The van der Waals surface area contributed by atoms with Crippen LogP contribution < -0.4 is 18.9 Å². The second kappa shape index (κ2) is 8.82. The van der Waals surface area contributed by atoms with Gasteiger partial charge in [-0.15, -0.1) is 13.2 Å². The van der Waals surface area contributed by atoms with Crippen molar-refractivity contribution >= 4 is 10.0 Å². The summed E-state index contributed by atoms with van der Waals surface area (Å²) in [6.07, 6.45) is -3.33. The molecule has 1 aromatic heterocycles. The average Bonchev–Trinajstić information content (AvgIpc) is 2.74. The molecule has 0 bridgehead atoms. The quantitative estimate of drug-likeness (QED) is 0.571. The Morgan fingerprint density at radius 3 is 2.29 bits per heavy atom. The molecule has 0 aliphatic heterocycles. The molecule has 0 amide bonds. The van der Waals surface area contributed by atoms with Gasteiger partial charge in [-0.1, -0.05) is 6.07 Å². The van der Waals surface area contributed by atoms with Crippen molar-refractivity contribution in [3.8, 4) is 34.3 Å². The number of nitrogens with one attached hydrogen (secondary N) is 1. The highest BCUT2D eigenvalue weighted by atomic mass is 32.2. The third kappa shape index (κ3) is 5.44. The Morgan fingerprint density at radius 1 is 1.00 bits per heavy atom. The van der Waals surface area contributed by atoms with Gasteiger partial charge in [-0.25, -0.2) is 18.1 Å². The van der Waals surface area contributed by atoms with Crippen LogP contribution in [0.15, 0.2) is 65.7 Å². The lowest BCUT2D eigenvalue weighted by Crippen LogP contribution is -2.19. The third-order valence-electron chi connectivity index (χ3n) is 4.08. The van der Waals surface area contributed by atoms with Crippen molar-refractivity contribution in [3.63, 3.8) is 0 Å². The molecule has 3 rings (SSSR count). The Labute approximate surface area is 176 Å². The van der Waals surface area contributed by atoms with Crippen LogP contribution in [0.3, 0.4) is 0 Å². The Bertz CT molecular complexity index is 1170. The van der Waals surface area contributed by atoms with E-state index in [-0.39, 0.29) is 22.3 Å². The largest absolute Gasteiger partial charge is 0.573 e. The topological polar surface area (TPSA) is 86.8 Å². The number of hydrogen-bond donors (Lipinski definition) is 1. The Hall–Kier alpha value is -3.31. The number of pyridine rings is 1. The van der Waals surface area contributed by atoms with Crippen molar-refractivity contribution in [2.45, 2.75) is 11.3 Å². The molecule has 0 saturated heterocycles. The van der Waals surface area contributed by atoms with E-state index in [2.05, 4.69) is 14.4 Å². The summed E-state index contributed by atoms with van der Waals surface area (Å²) in [7, 11) is -1.17. The average molecular weight is 454 g/mol. The maximum absolute atomic E-state index is 12.3. The Balaban J connectivity index is 1.95. The third-order valence-corrected chi connectivity index (χ3v) is 5.51. The summed E-state index contributed by atoms with van der Waals surface area (Å²) in [6.45, 7) is 0. The van der Waals surface area contributed by atoms with Gasteiger partial charge in [-0.3, -0.25) is 0 Å². The van der Waals surface area contributed by atoms with Crippen molar-refractivity contribution < 1.29 is 35.8 Å². The Kier molecular flexibility index (Phi) is 6.37. The van der Waals surface area contributed by atoms with Crippen molar-refractivity contribution in [3.05, 3.63) is 60.8 Å². The molecule has 0 aliphatic carbocycles. The first kappa shape index (κ1) is 22.4. The maximum atomic E-state index is 12.3. The summed E-state index contributed by atoms with van der Waals surface area (Å²) >= 11 is 0. The molecule has 0 fully saturated rings. The molecular formula is C20H17F3N2O5S. The van der Waals surface area contributed by atoms with Gasteiger partial charge in [-0.05, 0) is 61.1 Å². The number of nitrogens with zero attached hydrogens (tertiary/aromatic N) is 1. The summed E-state index contributed by atoms with van der Waals surface area (Å²) in [4.78, 5) is 4.09. The van der Waals surface area contributed by atoms with Gasteiger partial charge in [0.25, 0.3) is 0 Å². The maximum Gasteiger partial charge on any atom is 0.573 e. The van der Waals surface area contributed by atoms with Gasteiger partial charge in [0.05, 0.1) is 7.11 Å². The van der Waals surface area contributed by atoms with E-state index < -0.39 is 22.1 Å². The molecular weight excluding hydrogens is 437 g/mol. The number of hydrogen-bond acceptors (Lipinski definition) is 6. The molecule has 11 heteroatoms. The fraction of sp³-hybridized carbons (Fsp3) is 0.150. The smallest absolute Gasteiger partial charge is 0.495 e. The van der Waals surface area contributed by atoms with Gasteiger partial charge < -0.3 is 14.2 Å². The molecule has 0 aliphatic rings. The summed E-state index contributed by atoms with van der Waals surface area (Å²) in [5.41, 5.74) is 0.947. The molecule has 1 N–H and O–H groups in total. The van der Waals surface area contributed by atoms with Crippen LogP contribution in [0.1, 0.15) is 0 Å². The highest BCUT2D eigenvalue weighted by Gasteiger charge is 2.31. The lowest BCUT2D eigenvalue weighted by Gasteiger charge is -2.14. The van der Waals surface area contributed by atoms with E-state index in [1.807, 2.05) is 0 Å². The molecule has 0 saturated carbocycles. The summed E-state index contributed by atoms with van der Waals surface area (Å²) < 4.78 is 78.5. The second-order valence-electron chi connectivity index (χ2n) is 6.05. The molecule has 31 heavy (non-hydrogen) atoms. The first-order chi connectivity index (χ1) is 14.6. The first-order valence-corrected chi connectivity index (χ1v) is 10.2. The lowest BCUT2D eigenvalue weighted by molar-refractivity contribution is -0.274. The van der Waals surface area contributed by atoms with E-state index in [0.29, 0.717) is 11.1 Å². The van der Waals surface area contributed by atoms with Crippen LogP contribution in [-0.2, 0) is 10.0 Å². The number of benzene rings is 2. The molecule has 164 valence electrons. The van der Waals surface area contributed by atoms with Gasteiger partial charge >= 0.3 is 6.36 Å². The van der Waals surface area contributed by atoms with Crippen molar-refractivity contribution in [2.75, 3.05) is 14.2 Å². The van der Waals surface area contributed by atoms with E-state index in [1.54, 1.807) is 18.2 Å². The zero-order valence-corrected chi connectivity index (χ0v) is 17.1. The number of aromatic nitrogens is 1. The second-order valence-corrected chi connectivity index (χ2v) is 7.91. The monoisotopic (exact) mass is 454 g/mol. The summed E-state index contributed by atoms with van der Waals surface area (Å²) in [5.74, 6) is 0.110. The van der Waals surface area contributed by atoms with Gasteiger partial charge in [-0.2, -0.15) is 0 Å². The molecule has 0 spiro atoms.